The third-order valence-corrected chi connectivity index (χ3v) is 6.81. The summed E-state index contributed by atoms with van der Waals surface area (Å²) < 4.78 is 12.7. The van der Waals surface area contributed by atoms with Crippen molar-refractivity contribution in [2.24, 2.45) is 0 Å². The van der Waals surface area contributed by atoms with Gasteiger partial charge in [-0.1, -0.05) is 29.5 Å². The molecular weight excluding hydrogens is 508 g/mol. The summed E-state index contributed by atoms with van der Waals surface area (Å²) in [4.78, 5) is 27.7. The molecule has 10 heteroatoms. The molecule has 0 radical (unpaired) electrons. The lowest BCUT2D eigenvalue weighted by atomic mass is 9.96. The monoisotopic (exact) mass is 544 g/mol. The maximum atomic E-state index is 13.2. The lowest BCUT2D eigenvalue weighted by Gasteiger charge is -2.40. The second-order valence-electron chi connectivity index (χ2n) is 11.0. The number of hydrogen-bond donors (Lipinski definition) is 1. The van der Waals surface area contributed by atoms with E-state index in [2.05, 4.69) is 21.7 Å². The molecule has 0 spiro atoms. The third kappa shape index (κ3) is 6.78. The van der Waals surface area contributed by atoms with Crippen LogP contribution in [0, 0.1) is 11.3 Å². The van der Waals surface area contributed by atoms with Crippen molar-refractivity contribution in [2.45, 2.75) is 77.1 Å². The smallest absolute Gasteiger partial charge is 0.411 e. The van der Waals surface area contributed by atoms with E-state index in [1.54, 1.807) is 32.6 Å². The Hall–Kier alpha value is -4.39. The van der Waals surface area contributed by atoms with Crippen molar-refractivity contribution in [3.05, 3.63) is 60.3 Å². The summed E-state index contributed by atoms with van der Waals surface area (Å²) in [7, 11) is 1.62. The minimum atomic E-state index is -0.750. The molecule has 1 aliphatic rings. The summed E-state index contributed by atoms with van der Waals surface area (Å²) in [5, 5.41) is 21.2. The van der Waals surface area contributed by atoms with Gasteiger partial charge >= 0.3 is 6.09 Å². The molecule has 40 heavy (non-hydrogen) atoms. The highest BCUT2D eigenvalue weighted by atomic mass is 16.6. The minimum Gasteiger partial charge on any atom is -0.496 e. The number of aromatic nitrogens is 3. The third-order valence-electron chi connectivity index (χ3n) is 6.81. The van der Waals surface area contributed by atoms with Crippen LogP contribution in [0.25, 0.3) is 16.9 Å². The minimum absolute atomic E-state index is 0.132. The van der Waals surface area contributed by atoms with E-state index in [1.165, 1.54) is 4.90 Å². The summed E-state index contributed by atoms with van der Waals surface area (Å²) in [6.07, 6.45) is 3.78. The number of nitrogens with one attached hydrogen (secondary N) is 1. The fraction of sp³-hybridized carbons (Fsp3) is 0.433. The van der Waals surface area contributed by atoms with Crippen LogP contribution in [0.1, 0.15) is 52.5 Å². The number of benzene rings is 2. The van der Waals surface area contributed by atoms with Crippen LogP contribution in [0.3, 0.4) is 0 Å². The van der Waals surface area contributed by atoms with E-state index in [0.717, 1.165) is 29.7 Å². The number of piperidine rings is 1. The molecule has 0 saturated carbocycles. The van der Waals surface area contributed by atoms with Gasteiger partial charge in [0.05, 0.1) is 25.1 Å². The van der Waals surface area contributed by atoms with E-state index in [4.69, 9.17) is 9.47 Å². The summed E-state index contributed by atoms with van der Waals surface area (Å²) in [5.74, 6) is 0.374. The number of hydrogen-bond acceptors (Lipinski definition) is 7. The van der Waals surface area contributed by atoms with Crippen molar-refractivity contribution >= 4 is 12.0 Å². The molecule has 1 aromatic heterocycles. The van der Waals surface area contributed by atoms with Crippen LogP contribution in [0.5, 0.6) is 5.75 Å². The maximum absolute atomic E-state index is 13.2. The second-order valence-corrected chi connectivity index (χ2v) is 11.0. The van der Waals surface area contributed by atoms with Gasteiger partial charge in [0, 0.05) is 18.0 Å². The van der Waals surface area contributed by atoms with Crippen molar-refractivity contribution in [3.8, 4) is 28.8 Å². The Morgan fingerprint density at radius 1 is 1.15 bits per heavy atom. The number of rotatable bonds is 7. The van der Waals surface area contributed by atoms with Gasteiger partial charge in [-0.15, -0.1) is 5.10 Å². The average Bonchev–Trinajstić information content (AvgIpc) is 3.42. The van der Waals surface area contributed by atoms with Gasteiger partial charge in [-0.25, -0.2) is 9.48 Å². The van der Waals surface area contributed by atoms with Gasteiger partial charge in [-0.3, -0.25) is 9.69 Å². The number of amides is 2. The zero-order valence-electron chi connectivity index (χ0n) is 23.6. The maximum Gasteiger partial charge on any atom is 0.411 e. The van der Waals surface area contributed by atoms with Crippen LogP contribution in [-0.2, 0) is 16.0 Å². The number of nitriles is 1. The average molecular weight is 545 g/mol. The standard InChI is InChI=1S/C30H36N6O4/c1-20-9-8-11-26(36(20)29(38)40-30(2,3)4)28(37)32-22(18-31)17-21-13-15-23(16-14-21)35-19-25(33-34-35)24-10-6-7-12-27(24)39-5/h6-7,10,12-16,19-20,22,26H,8-9,11,17H2,1-5H3,(H,32,37)/t20-,22-,26-/m0/s1. The molecule has 1 aliphatic heterocycles. The zero-order chi connectivity index (χ0) is 28.9. The molecule has 1 saturated heterocycles. The Balaban J connectivity index is 1.42. The Labute approximate surface area is 234 Å². The van der Waals surface area contributed by atoms with Gasteiger partial charge < -0.3 is 14.8 Å². The molecule has 10 nitrogen and oxygen atoms in total. The van der Waals surface area contributed by atoms with E-state index in [1.807, 2.05) is 61.7 Å². The van der Waals surface area contributed by atoms with Gasteiger partial charge in [0.2, 0.25) is 5.91 Å². The topological polar surface area (TPSA) is 122 Å². The van der Waals surface area contributed by atoms with Crippen molar-refractivity contribution in [2.75, 3.05) is 7.11 Å². The van der Waals surface area contributed by atoms with Crippen LogP contribution < -0.4 is 10.1 Å². The lowest BCUT2D eigenvalue weighted by Crippen LogP contribution is -2.57. The number of methoxy groups -OCH3 is 1. The molecular formula is C30H36N6O4. The number of ether oxygens (including phenoxy) is 2. The van der Waals surface area contributed by atoms with Crippen LogP contribution in [0.2, 0.25) is 0 Å². The highest BCUT2D eigenvalue weighted by molar-refractivity contribution is 5.86. The largest absolute Gasteiger partial charge is 0.496 e. The van der Waals surface area contributed by atoms with Gasteiger partial charge in [-0.05, 0) is 76.8 Å². The number of para-hydroxylation sites is 1. The summed E-state index contributed by atoms with van der Waals surface area (Å²) in [6.45, 7) is 7.32. The molecule has 1 fully saturated rings. The first kappa shape index (κ1) is 28.6. The Morgan fingerprint density at radius 3 is 2.55 bits per heavy atom. The van der Waals surface area contributed by atoms with Crippen LogP contribution >= 0.6 is 0 Å². The normalized spacial score (nSPS) is 17.9. The second kappa shape index (κ2) is 12.2. The molecule has 3 aromatic rings. The molecule has 2 aromatic carbocycles. The van der Waals surface area contributed by atoms with E-state index < -0.39 is 23.8 Å². The summed E-state index contributed by atoms with van der Waals surface area (Å²) >= 11 is 0. The highest BCUT2D eigenvalue weighted by Crippen LogP contribution is 2.28. The predicted molar refractivity (Wildman–Crippen MR) is 150 cm³/mol. The SMILES string of the molecule is COc1ccccc1-c1cn(-c2ccc(C[C@@H](C#N)NC(=O)[C@@H]3CCC[C@H](C)N3C(=O)OC(C)(C)C)cc2)nn1. The Kier molecular flexibility index (Phi) is 8.73. The number of nitrogens with zero attached hydrogens (tertiary/aromatic N) is 5. The molecule has 3 atom stereocenters. The fourth-order valence-corrected chi connectivity index (χ4v) is 4.86. The first-order chi connectivity index (χ1) is 19.1. The molecule has 0 bridgehead atoms. The summed E-state index contributed by atoms with van der Waals surface area (Å²) in [6, 6.07) is 15.8. The quantitative estimate of drug-likeness (QED) is 0.459. The highest BCUT2D eigenvalue weighted by Gasteiger charge is 2.39. The lowest BCUT2D eigenvalue weighted by molar-refractivity contribution is -0.129. The van der Waals surface area contributed by atoms with Crippen LogP contribution in [-0.4, -0.2) is 62.7 Å². The molecule has 1 N–H and O–H groups in total. The van der Waals surface area contributed by atoms with Gasteiger partial charge in [0.25, 0.3) is 0 Å². The molecule has 0 unspecified atom stereocenters. The van der Waals surface area contributed by atoms with Crippen molar-refractivity contribution in [1.29, 1.82) is 5.26 Å². The fourth-order valence-electron chi connectivity index (χ4n) is 4.86. The molecule has 210 valence electrons. The van der Waals surface area contributed by atoms with Crippen LogP contribution in [0.4, 0.5) is 4.79 Å². The first-order valence-corrected chi connectivity index (χ1v) is 13.5. The molecule has 0 aliphatic carbocycles. The van der Waals surface area contributed by atoms with E-state index in [9.17, 15) is 14.9 Å². The van der Waals surface area contributed by atoms with E-state index in [-0.39, 0.29) is 11.9 Å². The molecule has 2 heterocycles. The summed E-state index contributed by atoms with van der Waals surface area (Å²) in [5.41, 5.74) is 2.55. The Morgan fingerprint density at radius 2 is 1.88 bits per heavy atom. The van der Waals surface area contributed by atoms with E-state index >= 15 is 0 Å². The van der Waals surface area contributed by atoms with Crippen molar-refractivity contribution in [3.63, 3.8) is 0 Å². The number of carbonyl (C=O) groups is 2. The van der Waals surface area contributed by atoms with Gasteiger partial charge in [0.1, 0.15) is 29.1 Å². The predicted octanol–water partition coefficient (Wildman–Crippen LogP) is 4.67. The van der Waals surface area contributed by atoms with Crippen LogP contribution in [0.15, 0.2) is 54.7 Å². The Bertz CT molecular complexity index is 1370. The number of likely N-dealkylation sites (tertiary alicyclic amines) is 1. The van der Waals surface area contributed by atoms with Crippen molar-refractivity contribution in [1.82, 2.24) is 25.2 Å². The van der Waals surface area contributed by atoms with Gasteiger partial charge in [-0.2, -0.15) is 5.26 Å². The number of carbonyl (C=O) groups excluding carboxylic acids is 2. The molecule has 2 amide bonds. The van der Waals surface area contributed by atoms with Gasteiger partial charge in [0.15, 0.2) is 0 Å². The molecule has 4 rings (SSSR count). The van der Waals surface area contributed by atoms with E-state index in [0.29, 0.717) is 24.3 Å². The zero-order valence-corrected chi connectivity index (χ0v) is 23.6. The first-order valence-electron chi connectivity index (χ1n) is 13.5. The van der Waals surface area contributed by atoms with Crippen molar-refractivity contribution < 1.29 is 19.1 Å².